The molecule has 0 aromatic rings. The van der Waals surface area contributed by atoms with Gasteiger partial charge in [0, 0.05) is 0 Å². The molecule has 0 saturated heterocycles. The Balaban J connectivity index is 2.54. The van der Waals surface area contributed by atoms with E-state index < -0.39 is 0 Å². The SMILES string of the molecule is CC1CCC[C@]1(C)O. The lowest BCUT2D eigenvalue weighted by atomic mass is 9.95. The predicted octanol–water partition coefficient (Wildman–Crippen LogP) is 1.56. The standard InChI is InChI=1S/C7H14O/c1-6-4-3-5-7(6,2)8/h6,8H,3-5H2,1-2H3/t6?,7-/m0/s1. The highest BCUT2D eigenvalue weighted by molar-refractivity contribution is 4.84. The molecule has 0 aliphatic heterocycles. The van der Waals surface area contributed by atoms with E-state index in [-0.39, 0.29) is 5.60 Å². The van der Waals surface area contributed by atoms with Crippen molar-refractivity contribution in [2.24, 2.45) is 5.92 Å². The van der Waals surface area contributed by atoms with Gasteiger partial charge in [-0.05, 0) is 25.7 Å². The predicted molar refractivity (Wildman–Crippen MR) is 33.6 cm³/mol. The van der Waals surface area contributed by atoms with Gasteiger partial charge in [-0.25, -0.2) is 0 Å². The summed E-state index contributed by atoms with van der Waals surface area (Å²) in [6.45, 7) is 4.05. The zero-order valence-corrected chi connectivity index (χ0v) is 5.65. The van der Waals surface area contributed by atoms with Crippen LogP contribution in [0.15, 0.2) is 0 Å². The highest BCUT2D eigenvalue weighted by Crippen LogP contribution is 2.34. The maximum atomic E-state index is 9.46. The van der Waals surface area contributed by atoms with Gasteiger partial charge in [-0.3, -0.25) is 0 Å². The van der Waals surface area contributed by atoms with Crippen LogP contribution in [0.5, 0.6) is 0 Å². The highest BCUT2D eigenvalue weighted by Gasteiger charge is 2.32. The van der Waals surface area contributed by atoms with Crippen LogP contribution in [0.25, 0.3) is 0 Å². The molecule has 1 aliphatic rings. The van der Waals surface area contributed by atoms with Crippen LogP contribution < -0.4 is 0 Å². The summed E-state index contributed by atoms with van der Waals surface area (Å²) in [6, 6.07) is 0. The second-order valence-corrected chi connectivity index (χ2v) is 3.15. The first-order chi connectivity index (χ1) is 3.63. The molecule has 1 nitrogen and oxygen atoms in total. The Morgan fingerprint density at radius 1 is 1.62 bits per heavy atom. The van der Waals surface area contributed by atoms with Gasteiger partial charge in [0.1, 0.15) is 0 Å². The molecule has 1 unspecified atom stereocenters. The van der Waals surface area contributed by atoms with E-state index in [2.05, 4.69) is 6.92 Å². The van der Waals surface area contributed by atoms with Gasteiger partial charge in [-0.1, -0.05) is 13.3 Å². The smallest absolute Gasteiger partial charge is 0.0645 e. The van der Waals surface area contributed by atoms with Crippen LogP contribution >= 0.6 is 0 Å². The fraction of sp³-hybridized carbons (Fsp3) is 1.00. The monoisotopic (exact) mass is 114 g/mol. The molecule has 0 amide bonds. The van der Waals surface area contributed by atoms with Crippen LogP contribution in [-0.4, -0.2) is 10.7 Å². The van der Waals surface area contributed by atoms with E-state index in [0.29, 0.717) is 5.92 Å². The van der Waals surface area contributed by atoms with E-state index in [4.69, 9.17) is 0 Å². The van der Waals surface area contributed by atoms with Gasteiger partial charge in [0.25, 0.3) is 0 Å². The summed E-state index contributed by atoms with van der Waals surface area (Å²) in [5, 5.41) is 9.46. The van der Waals surface area contributed by atoms with Crippen LogP contribution in [-0.2, 0) is 0 Å². The maximum absolute atomic E-state index is 9.46. The summed E-state index contributed by atoms with van der Waals surface area (Å²) in [5.41, 5.74) is -0.347. The first kappa shape index (κ1) is 6.09. The van der Waals surface area contributed by atoms with E-state index >= 15 is 0 Å². The number of hydrogen-bond donors (Lipinski definition) is 1. The van der Waals surface area contributed by atoms with Gasteiger partial charge in [0.15, 0.2) is 0 Å². The van der Waals surface area contributed by atoms with E-state index in [1.54, 1.807) is 0 Å². The van der Waals surface area contributed by atoms with Gasteiger partial charge in [0.2, 0.25) is 0 Å². The maximum Gasteiger partial charge on any atom is 0.0645 e. The van der Waals surface area contributed by atoms with Crippen molar-refractivity contribution in [2.75, 3.05) is 0 Å². The van der Waals surface area contributed by atoms with Crippen molar-refractivity contribution in [2.45, 2.75) is 38.7 Å². The molecular weight excluding hydrogens is 100 g/mol. The van der Waals surface area contributed by atoms with Gasteiger partial charge in [0.05, 0.1) is 5.60 Å². The molecule has 48 valence electrons. The highest BCUT2D eigenvalue weighted by atomic mass is 16.3. The van der Waals surface area contributed by atoms with E-state index in [1.165, 1.54) is 12.8 Å². The molecule has 0 spiro atoms. The summed E-state index contributed by atoms with van der Waals surface area (Å²) in [6.07, 6.45) is 3.40. The Labute approximate surface area is 50.7 Å². The van der Waals surface area contributed by atoms with Gasteiger partial charge in [-0.2, -0.15) is 0 Å². The number of rotatable bonds is 0. The molecule has 1 aliphatic carbocycles. The minimum absolute atomic E-state index is 0.347. The average molecular weight is 114 g/mol. The molecule has 2 atom stereocenters. The van der Waals surface area contributed by atoms with Crippen LogP contribution in [0.2, 0.25) is 0 Å². The fourth-order valence-corrected chi connectivity index (χ4v) is 1.32. The molecular formula is C7H14O. The van der Waals surface area contributed by atoms with E-state index in [9.17, 15) is 5.11 Å². The van der Waals surface area contributed by atoms with Crippen molar-refractivity contribution in [1.82, 2.24) is 0 Å². The second-order valence-electron chi connectivity index (χ2n) is 3.15. The zero-order valence-electron chi connectivity index (χ0n) is 5.65. The molecule has 0 radical (unpaired) electrons. The first-order valence-electron chi connectivity index (χ1n) is 3.35. The molecule has 1 fully saturated rings. The van der Waals surface area contributed by atoms with Gasteiger partial charge >= 0.3 is 0 Å². The topological polar surface area (TPSA) is 20.2 Å². The van der Waals surface area contributed by atoms with Crippen molar-refractivity contribution in [3.8, 4) is 0 Å². The van der Waals surface area contributed by atoms with E-state index in [1.807, 2.05) is 6.92 Å². The number of aliphatic hydroxyl groups is 1. The summed E-state index contributed by atoms with van der Waals surface area (Å²) >= 11 is 0. The number of hydrogen-bond acceptors (Lipinski definition) is 1. The Morgan fingerprint density at radius 3 is 2.38 bits per heavy atom. The molecule has 1 saturated carbocycles. The van der Waals surface area contributed by atoms with Gasteiger partial charge < -0.3 is 5.11 Å². The summed E-state index contributed by atoms with van der Waals surface area (Å²) in [5.74, 6) is 0.516. The van der Waals surface area contributed by atoms with Crippen molar-refractivity contribution < 1.29 is 5.11 Å². The molecule has 1 rings (SSSR count). The van der Waals surface area contributed by atoms with Crippen molar-refractivity contribution in [1.29, 1.82) is 0 Å². The van der Waals surface area contributed by atoms with Crippen LogP contribution in [0.1, 0.15) is 33.1 Å². The van der Waals surface area contributed by atoms with Crippen molar-refractivity contribution >= 4 is 0 Å². The zero-order chi connectivity index (χ0) is 6.20. The van der Waals surface area contributed by atoms with Crippen LogP contribution in [0.4, 0.5) is 0 Å². The lowest BCUT2D eigenvalue weighted by Crippen LogP contribution is -2.26. The van der Waals surface area contributed by atoms with Gasteiger partial charge in [-0.15, -0.1) is 0 Å². The second kappa shape index (κ2) is 1.73. The van der Waals surface area contributed by atoms with E-state index in [0.717, 1.165) is 6.42 Å². The van der Waals surface area contributed by atoms with Crippen LogP contribution in [0.3, 0.4) is 0 Å². The Bertz CT molecular complexity index is 86.4. The normalized spacial score (nSPS) is 47.6. The summed E-state index contributed by atoms with van der Waals surface area (Å²) in [4.78, 5) is 0. The molecule has 1 heteroatoms. The molecule has 0 heterocycles. The largest absolute Gasteiger partial charge is 0.390 e. The lowest BCUT2D eigenvalue weighted by Gasteiger charge is -2.20. The molecule has 0 aromatic carbocycles. The third-order valence-electron chi connectivity index (χ3n) is 2.38. The Hall–Kier alpha value is -0.0400. The van der Waals surface area contributed by atoms with Crippen molar-refractivity contribution in [3.05, 3.63) is 0 Å². The quantitative estimate of drug-likeness (QED) is 0.506. The third kappa shape index (κ3) is 0.873. The van der Waals surface area contributed by atoms with Crippen molar-refractivity contribution in [3.63, 3.8) is 0 Å². The minimum atomic E-state index is -0.347. The lowest BCUT2D eigenvalue weighted by molar-refractivity contribution is 0.0284. The van der Waals surface area contributed by atoms with Crippen LogP contribution in [0, 0.1) is 5.92 Å². The molecule has 8 heavy (non-hydrogen) atoms. The minimum Gasteiger partial charge on any atom is -0.390 e. The third-order valence-corrected chi connectivity index (χ3v) is 2.38. The molecule has 0 aromatic heterocycles. The summed E-state index contributed by atoms with van der Waals surface area (Å²) < 4.78 is 0. The fourth-order valence-electron chi connectivity index (χ4n) is 1.32. The average Bonchev–Trinajstić information content (AvgIpc) is 1.86. The Kier molecular flexibility index (Phi) is 1.31. The molecule has 1 N–H and O–H groups in total. The first-order valence-corrected chi connectivity index (χ1v) is 3.35. The summed E-state index contributed by atoms with van der Waals surface area (Å²) in [7, 11) is 0. The molecule has 0 bridgehead atoms. The Morgan fingerprint density at radius 2 is 2.25 bits per heavy atom.